The maximum Gasteiger partial charge on any atom is 0.258 e. The van der Waals surface area contributed by atoms with Crippen LogP contribution < -0.4 is 15.0 Å². The molecule has 1 fully saturated rings. The highest BCUT2D eigenvalue weighted by molar-refractivity contribution is 6.31. The third-order valence-corrected chi connectivity index (χ3v) is 5.07. The molecule has 4 nitrogen and oxygen atoms in total. The van der Waals surface area contributed by atoms with Gasteiger partial charge < -0.3 is 15.0 Å². The molecule has 0 unspecified atom stereocenters. The summed E-state index contributed by atoms with van der Waals surface area (Å²) in [5.74, 6) is 0.505. The Morgan fingerprint density at radius 1 is 1.12 bits per heavy atom. The average molecular weight is 373 g/mol. The van der Waals surface area contributed by atoms with E-state index in [4.69, 9.17) is 16.3 Å². The van der Waals surface area contributed by atoms with Crippen molar-refractivity contribution in [3.05, 3.63) is 58.6 Å². The van der Waals surface area contributed by atoms with E-state index in [2.05, 4.69) is 34.5 Å². The number of hydrogen-bond acceptors (Lipinski definition) is 3. The van der Waals surface area contributed by atoms with Crippen LogP contribution in [0.15, 0.2) is 42.5 Å². The van der Waals surface area contributed by atoms with Gasteiger partial charge in [-0.25, -0.2) is 0 Å². The molecule has 138 valence electrons. The van der Waals surface area contributed by atoms with Gasteiger partial charge in [0.1, 0.15) is 5.75 Å². The van der Waals surface area contributed by atoms with Gasteiger partial charge in [0.15, 0.2) is 6.61 Å². The second kappa shape index (κ2) is 8.95. The first-order valence-electron chi connectivity index (χ1n) is 9.11. The molecule has 3 rings (SSSR count). The van der Waals surface area contributed by atoms with Crippen LogP contribution in [-0.4, -0.2) is 25.6 Å². The summed E-state index contributed by atoms with van der Waals surface area (Å²) in [6.45, 7) is 4.67. The number of ether oxygens (including phenoxy) is 1. The van der Waals surface area contributed by atoms with E-state index in [1.807, 2.05) is 13.0 Å². The summed E-state index contributed by atoms with van der Waals surface area (Å²) in [6, 6.07) is 13.8. The highest BCUT2D eigenvalue weighted by atomic mass is 35.5. The van der Waals surface area contributed by atoms with Crippen molar-refractivity contribution in [2.24, 2.45) is 0 Å². The molecule has 0 atom stereocenters. The van der Waals surface area contributed by atoms with Crippen LogP contribution in [-0.2, 0) is 11.3 Å². The fourth-order valence-corrected chi connectivity index (χ4v) is 3.20. The van der Waals surface area contributed by atoms with Crippen molar-refractivity contribution < 1.29 is 9.53 Å². The lowest BCUT2D eigenvalue weighted by molar-refractivity contribution is -0.123. The second-order valence-electron chi connectivity index (χ2n) is 6.69. The van der Waals surface area contributed by atoms with Gasteiger partial charge >= 0.3 is 0 Å². The van der Waals surface area contributed by atoms with Crippen LogP contribution in [0.4, 0.5) is 5.69 Å². The maximum absolute atomic E-state index is 12.0. The molecule has 1 N–H and O–H groups in total. The minimum Gasteiger partial charge on any atom is -0.484 e. The summed E-state index contributed by atoms with van der Waals surface area (Å²) in [4.78, 5) is 14.4. The van der Waals surface area contributed by atoms with E-state index in [0.29, 0.717) is 17.3 Å². The lowest BCUT2D eigenvalue weighted by Crippen LogP contribution is -2.29. The molecule has 2 aromatic carbocycles. The number of nitrogens with one attached hydrogen (secondary N) is 1. The normalized spacial score (nSPS) is 14.2. The molecule has 0 aliphatic carbocycles. The number of halogens is 1. The number of carbonyl (C=O) groups excluding carboxylic acids is 1. The first-order chi connectivity index (χ1) is 12.6. The molecule has 2 aromatic rings. The van der Waals surface area contributed by atoms with E-state index >= 15 is 0 Å². The Labute approximate surface area is 160 Å². The average Bonchev–Trinajstić information content (AvgIpc) is 2.68. The lowest BCUT2D eigenvalue weighted by Gasteiger charge is -2.28. The standard InChI is InChI=1S/C21H25ClN2O2/c1-16-13-19(9-10-20(16)22)26-15-21(25)23-14-17-5-7-18(8-6-17)24-11-3-2-4-12-24/h5-10,13H,2-4,11-12,14-15H2,1H3,(H,23,25). The van der Waals surface area contributed by atoms with Crippen LogP contribution in [0, 0.1) is 6.92 Å². The number of carbonyl (C=O) groups is 1. The molecular formula is C21H25ClN2O2. The molecule has 1 aliphatic rings. The van der Waals surface area contributed by atoms with Crippen molar-refractivity contribution >= 4 is 23.2 Å². The molecule has 1 aliphatic heterocycles. The smallest absolute Gasteiger partial charge is 0.258 e. The van der Waals surface area contributed by atoms with Crippen LogP contribution in [0.5, 0.6) is 5.75 Å². The number of aryl methyl sites for hydroxylation is 1. The number of hydrogen-bond donors (Lipinski definition) is 1. The number of rotatable bonds is 6. The zero-order valence-corrected chi connectivity index (χ0v) is 15.9. The lowest BCUT2D eigenvalue weighted by atomic mass is 10.1. The first kappa shape index (κ1) is 18.6. The van der Waals surface area contributed by atoms with Crippen molar-refractivity contribution in [2.45, 2.75) is 32.7 Å². The summed E-state index contributed by atoms with van der Waals surface area (Å²) in [7, 11) is 0. The zero-order chi connectivity index (χ0) is 18.4. The van der Waals surface area contributed by atoms with Gasteiger partial charge in [0.25, 0.3) is 5.91 Å². The van der Waals surface area contributed by atoms with E-state index in [1.165, 1.54) is 24.9 Å². The number of anilines is 1. The molecule has 1 amide bonds. The Kier molecular flexibility index (Phi) is 6.40. The molecule has 0 spiro atoms. The van der Waals surface area contributed by atoms with Crippen molar-refractivity contribution in [2.75, 3.05) is 24.6 Å². The maximum atomic E-state index is 12.0. The Morgan fingerprint density at radius 2 is 1.85 bits per heavy atom. The predicted octanol–water partition coefficient (Wildman–Crippen LogP) is 4.33. The third-order valence-electron chi connectivity index (χ3n) is 4.65. The van der Waals surface area contributed by atoms with E-state index in [9.17, 15) is 4.79 Å². The number of piperidine rings is 1. The van der Waals surface area contributed by atoms with Crippen LogP contribution in [0.3, 0.4) is 0 Å². The summed E-state index contributed by atoms with van der Waals surface area (Å²) >= 11 is 5.98. The van der Waals surface area contributed by atoms with Crippen molar-refractivity contribution in [1.82, 2.24) is 5.32 Å². The van der Waals surface area contributed by atoms with E-state index in [1.54, 1.807) is 12.1 Å². The Bertz CT molecular complexity index is 740. The Morgan fingerprint density at radius 3 is 2.54 bits per heavy atom. The minimum atomic E-state index is -0.141. The second-order valence-corrected chi connectivity index (χ2v) is 7.10. The summed E-state index contributed by atoms with van der Waals surface area (Å²) < 4.78 is 5.51. The SMILES string of the molecule is Cc1cc(OCC(=O)NCc2ccc(N3CCCCC3)cc2)ccc1Cl. The quantitative estimate of drug-likeness (QED) is 0.820. The Balaban J connectivity index is 1.44. The van der Waals surface area contributed by atoms with Gasteiger partial charge in [-0.1, -0.05) is 23.7 Å². The van der Waals surface area contributed by atoms with Gasteiger partial charge in [0, 0.05) is 30.3 Å². The number of amides is 1. The zero-order valence-electron chi connectivity index (χ0n) is 15.1. The van der Waals surface area contributed by atoms with Gasteiger partial charge in [0.2, 0.25) is 0 Å². The molecule has 0 radical (unpaired) electrons. The summed E-state index contributed by atoms with van der Waals surface area (Å²) in [5, 5.41) is 3.58. The van der Waals surface area contributed by atoms with E-state index in [0.717, 1.165) is 24.2 Å². The van der Waals surface area contributed by atoms with Crippen LogP contribution >= 0.6 is 11.6 Å². The van der Waals surface area contributed by atoms with Crippen molar-refractivity contribution in [1.29, 1.82) is 0 Å². The highest BCUT2D eigenvalue weighted by Gasteiger charge is 2.10. The molecule has 26 heavy (non-hydrogen) atoms. The van der Waals surface area contributed by atoms with Gasteiger partial charge in [-0.15, -0.1) is 0 Å². The van der Waals surface area contributed by atoms with Crippen LogP contribution in [0.2, 0.25) is 5.02 Å². The van der Waals surface area contributed by atoms with Gasteiger partial charge in [-0.2, -0.15) is 0 Å². The van der Waals surface area contributed by atoms with Crippen molar-refractivity contribution in [3.8, 4) is 5.75 Å². The molecular weight excluding hydrogens is 348 g/mol. The number of benzene rings is 2. The molecule has 1 heterocycles. The van der Waals surface area contributed by atoms with Crippen LogP contribution in [0.1, 0.15) is 30.4 Å². The molecule has 5 heteroatoms. The monoisotopic (exact) mass is 372 g/mol. The fourth-order valence-electron chi connectivity index (χ4n) is 3.08. The molecule has 0 saturated carbocycles. The van der Waals surface area contributed by atoms with Gasteiger partial charge in [-0.3, -0.25) is 4.79 Å². The topological polar surface area (TPSA) is 41.6 Å². The Hall–Kier alpha value is -2.20. The van der Waals surface area contributed by atoms with Gasteiger partial charge in [-0.05, 0) is 67.6 Å². The fraction of sp³-hybridized carbons (Fsp3) is 0.381. The predicted molar refractivity (Wildman–Crippen MR) is 106 cm³/mol. The molecule has 1 saturated heterocycles. The highest BCUT2D eigenvalue weighted by Crippen LogP contribution is 2.21. The minimum absolute atomic E-state index is 0.00701. The number of nitrogens with zero attached hydrogens (tertiary/aromatic N) is 1. The first-order valence-corrected chi connectivity index (χ1v) is 9.49. The van der Waals surface area contributed by atoms with E-state index < -0.39 is 0 Å². The molecule has 0 aromatic heterocycles. The van der Waals surface area contributed by atoms with Gasteiger partial charge in [0.05, 0.1) is 0 Å². The van der Waals surface area contributed by atoms with Crippen molar-refractivity contribution in [3.63, 3.8) is 0 Å². The third kappa shape index (κ3) is 5.15. The van der Waals surface area contributed by atoms with E-state index in [-0.39, 0.29) is 12.5 Å². The van der Waals surface area contributed by atoms with Crippen LogP contribution in [0.25, 0.3) is 0 Å². The largest absolute Gasteiger partial charge is 0.484 e. The summed E-state index contributed by atoms with van der Waals surface area (Å²) in [5.41, 5.74) is 3.28. The molecule has 0 bridgehead atoms. The summed E-state index contributed by atoms with van der Waals surface area (Å²) in [6.07, 6.45) is 3.87.